The quantitative estimate of drug-likeness (QED) is 0.800. The second-order valence-corrected chi connectivity index (χ2v) is 4.70. The van der Waals surface area contributed by atoms with Gasteiger partial charge in [0.15, 0.2) is 5.78 Å². The zero-order valence-electron chi connectivity index (χ0n) is 9.21. The highest BCUT2D eigenvalue weighted by molar-refractivity contribution is 6.32. The van der Waals surface area contributed by atoms with Crippen molar-refractivity contribution in [3.8, 4) is 0 Å². The van der Waals surface area contributed by atoms with Crippen LogP contribution in [-0.2, 0) is 0 Å². The van der Waals surface area contributed by atoms with Crippen LogP contribution in [0.15, 0.2) is 18.2 Å². The molecular formula is C13H16ClNO. The standard InChI is InChI=1S/C13H16ClNO/c14-11-4-1-3-10(12(16)5-2-8-15)13(11)9-6-7-9/h1,3-4,9H,2,5-8,15H2. The fraction of sp³-hybridized carbons (Fsp3) is 0.462. The number of carbonyl (C=O) groups is 1. The molecule has 2 nitrogen and oxygen atoms in total. The summed E-state index contributed by atoms with van der Waals surface area (Å²) in [5.74, 6) is 0.681. The van der Waals surface area contributed by atoms with Crippen LogP contribution in [0.1, 0.15) is 47.5 Å². The monoisotopic (exact) mass is 237 g/mol. The van der Waals surface area contributed by atoms with E-state index in [1.54, 1.807) is 0 Å². The molecule has 0 aromatic heterocycles. The summed E-state index contributed by atoms with van der Waals surface area (Å²) in [5, 5.41) is 0.737. The first-order chi connectivity index (χ1) is 7.74. The summed E-state index contributed by atoms with van der Waals surface area (Å²) in [7, 11) is 0. The van der Waals surface area contributed by atoms with Crippen LogP contribution in [0, 0.1) is 0 Å². The zero-order valence-corrected chi connectivity index (χ0v) is 9.96. The summed E-state index contributed by atoms with van der Waals surface area (Å²) < 4.78 is 0. The SMILES string of the molecule is NCCCC(=O)c1cccc(Cl)c1C1CC1. The van der Waals surface area contributed by atoms with Crippen molar-refractivity contribution in [2.24, 2.45) is 5.73 Å². The topological polar surface area (TPSA) is 43.1 Å². The third-order valence-corrected chi connectivity index (χ3v) is 3.28. The maximum atomic E-state index is 12.0. The molecule has 1 aliphatic carbocycles. The van der Waals surface area contributed by atoms with Crippen molar-refractivity contribution in [3.05, 3.63) is 34.3 Å². The van der Waals surface area contributed by atoms with Gasteiger partial charge in [0.25, 0.3) is 0 Å². The van der Waals surface area contributed by atoms with Gasteiger partial charge in [-0.2, -0.15) is 0 Å². The lowest BCUT2D eigenvalue weighted by atomic mass is 9.97. The van der Waals surface area contributed by atoms with E-state index < -0.39 is 0 Å². The van der Waals surface area contributed by atoms with E-state index in [0.717, 1.165) is 35.4 Å². The molecule has 1 aromatic rings. The number of Topliss-reactive ketones (excluding diaryl/α,β-unsaturated/α-hetero) is 1. The van der Waals surface area contributed by atoms with Crippen molar-refractivity contribution in [2.75, 3.05) is 6.54 Å². The first-order valence-electron chi connectivity index (χ1n) is 5.75. The fourth-order valence-corrected chi connectivity index (χ4v) is 2.29. The predicted molar refractivity (Wildman–Crippen MR) is 66.0 cm³/mol. The van der Waals surface area contributed by atoms with Crippen molar-refractivity contribution in [1.29, 1.82) is 0 Å². The second-order valence-electron chi connectivity index (χ2n) is 4.29. The van der Waals surface area contributed by atoms with E-state index in [0.29, 0.717) is 18.9 Å². The van der Waals surface area contributed by atoms with Crippen molar-refractivity contribution >= 4 is 17.4 Å². The fourth-order valence-electron chi connectivity index (χ4n) is 1.96. The minimum atomic E-state index is 0.176. The number of ketones is 1. The van der Waals surface area contributed by atoms with E-state index in [-0.39, 0.29) is 5.78 Å². The van der Waals surface area contributed by atoms with Gasteiger partial charge in [-0.1, -0.05) is 23.7 Å². The third kappa shape index (κ3) is 2.45. The van der Waals surface area contributed by atoms with Gasteiger partial charge < -0.3 is 5.73 Å². The smallest absolute Gasteiger partial charge is 0.163 e. The van der Waals surface area contributed by atoms with E-state index in [9.17, 15) is 4.79 Å². The Morgan fingerprint density at radius 1 is 1.44 bits per heavy atom. The average molecular weight is 238 g/mol. The Kier molecular flexibility index (Phi) is 3.62. The summed E-state index contributed by atoms with van der Waals surface area (Å²) in [5.41, 5.74) is 7.29. The first kappa shape index (κ1) is 11.6. The number of hydrogen-bond donors (Lipinski definition) is 1. The number of carbonyl (C=O) groups excluding carboxylic acids is 1. The Labute approximate surface area is 101 Å². The summed E-state index contributed by atoms with van der Waals surface area (Å²) in [6, 6.07) is 5.61. The van der Waals surface area contributed by atoms with E-state index in [4.69, 9.17) is 17.3 Å². The van der Waals surface area contributed by atoms with E-state index >= 15 is 0 Å². The van der Waals surface area contributed by atoms with Crippen LogP contribution in [0.5, 0.6) is 0 Å². The van der Waals surface area contributed by atoms with Crippen LogP contribution >= 0.6 is 11.6 Å². The molecule has 0 spiro atoms. The Balaban J connectivity index is 2.25. The number of hydrogen-bond acceptors (Lipinski definition) is 2. The van der Waals surface area contributed by atoms with Gasteiger partial charge in [0.1, 0.15) is 0 Å². The summed E-state index contributed by atoms with van der Waals surface area (Å²) in [6.07, 6.45) is 3.58. The molecule has 1 saturated carbocycles. The van der Waals surface area contributed by atoms with Gasteiger partial charge in [0.2, 0.25) is 0 Å². The van der Waals surface area contributed by atoms with Gasteiger partial charge in [-0.3, -0.25) is 4.79 Å². The van der Waals surface area contributed by atoms with Crippen molar-refractivity contribution in [2.45, 2.75) is 31.6 Å². The molecule has 1 aliphatic rings. The van der Waals surface area contributed by atoms with Crippen LogP contribution < -0.4 is 5.73 Å². The predicted octanol–water partition coefficient (Wildman–Crippen LogP) is 3.14. The molecule has 0 heterocycles. The molecule has 3 heteroatoms. The second kappa shape index (κ2) is 4.98. The van der Waals surface area contributed by atoms with Gasteiger partial charge in [-0.05, 0) is 43.4 Å². The summed E-state index contributed by atoms with van der Waals surface area (Å²) in [6.45, 7) is 0.561. The zero-order chi connectivity index (χ0) is 11.5. The number of rotatable bonds is 5. The van der Waals surface area contributed by atoms with Crippen LogP contribution in [0.25, 0.3) is 0 Å². The molecule has 0 unspecified atom stereocenters. The Bertz CT molecular complexity index is 399. The first-order valence-corrected chi connectivity index (χ1v) is 6.13. The molecule has 1 aromatic carbocycles. The van der Waals surface area contributed by atoms with Gasteiger partial charge in [-0.25, -0.2) is 0 Å². The van der Waals surface area contributed by atoms with Crippen molar-refractivity contribution < 1.29 is 4.79 Å². The minimum absolute atomic E-state index is 0.176. The molecule has 0 aliphatic heterocycles. The lowest BCUT2D eigenvalue weighted by molar-refractivity contribution is 0.0980. The van der Waals surface area contributed by atoms with Gasteiger partial charge >= 0.3 is 0 Å². The average Bonchev–Trinajstić information content (AvgIpc) is 3.09. The lowest BCUT2D eigenvalue weighted by Crippen LogP contribution is -2.07. The Hall–Kier alpha value is -0.860. The van der Waals surface area contributed by atoms with E-state index in [1.807, 2.05) is 18.2 Å². The minimum Gasteiger partial charge on any atom is -0.330 e. The molecule has 0 radical (unpaired) electrons. The summed E-state index contributed by atoms with van der Waals surface area (Å²) >= 11 is 6.17. The highest BCUT2D eigenvalue weighted by Gasteiger charge is 2.29. The Morgan fingerprint density at radius 3 is 2.81 bits per heavy atom. The lowest BCUT2D eigenvalue weighted by Gasteiger charge is -2.09. The Morgan fingerprint density at radius 2 is 2.19 bits per heavy atom. The molecule has 0 bridgehead atoms. The molecule has 86 valence electrons. The van der Waals surface area contributed by atoms with Crippen molar-refractivity contribution in [1.82, 2.24) is 0 Å². The van der Waals surface area contributed by atoms with E-state index in [1.165, 1.54) is 0 Å². The van der Waals surface area contributed by atoms with Crippen LogP contribution in [0.2, 0.25) is 5.02 Å². The highest BCUT2D eigenvalue weighted by atomic mass is 35.5. The number of benzene rings is 1. The summed E-state index contributed by atoms with van der Waals surface area (Å²) in [4.78, 5) is 12.0. The largest absolute Gasteiger partial charge is 0.330 e. The van der Waals surface area contributed by atoms with Crippen LogP contribution in [0.3, 0.4) is 0 Å². The molecule has 0 saturated heterocycles. The number of nitrogens with two attached hydrogens (primary N) is 1. The highest BCUT2D eigenvalue weighted by Crippen LogP contribution is 2.45. The van der Waals surface area contributed by atoms with Crippen LogP contribution in [-0.4, -0.2) is 12.3 Å². The molecule has 2 rings (SSSR count). The molecule has 16 heavy (non-hydrogen) atoms. The number of halogens is 1. The van der Waals surface area contributed by atoms with Gasteiger partial charge in [-0.15, -0.1) is 0 Å². The molecule has 1 fully saturated rings. The van der Waals surface area contributed by atoms with Gasteiger partial charge in [0.05, 0.1) is 0 Å². The van der Waals surface area contributed by atoms with Gasteiger partial charge in [0, 0.05) is 17.0 Å². The molecular weight excluding hydrogens is 222 g/mol. The van der Waals surface area contributed by atoms with Crippen molar-refractivity contribution in [3.63, 3.8) is 0 Å². The normalized spacial score (nSPS) is 15.1. The maximum Gasteiger partial charge on any atom is 0.163 e. The maximum absolute atomic E-state index is 12.0. The molecule has 2 N–H and O–H groups in total. The molecule has 0 atom stereocenters. The van der Waals surface area contributed by atoms with E-state index in [2.05, 4.69) is 0 Å². The third-order valence-electron chi connectivity index (χ3n) is 2.95. The van der Waals surface area contributed by atoms with Crippen LogP contribution in [0.4, 0.5) is 0 Å². The molecule has 0 amide bonds.